The normalized spacial score (nSPS) is 14.8. The van der Waals surface area contributed by atoms with Gasteiger partial charge in [-0.05, 0) is 42.8 Å². The molecule has 0 atom stereocenters. The van der Waals surface area contributed by atoms with E-state index in [-0.39, 0.29) is 0 Å². The van der Waals surface area contributed by atoms with Crippen molar-refractivity contribution in [3.05, 3.63) is 66.4 Å². The lowest BCUT2D eigenvalue weighted by Gasteiger charge is -2.13. The predicted molar refractivity (Wildman–Crippen MR) is 96.1 cm³/mol. The van der Waals surface area contributed by atoms with Gasteiger partial charge in [0, 0.05) is 30.9 Å². The molecule has 5 heteroatoms. The van der Waals surface area contributed by atoms with E-state index in [0.717, 1.165) is 48.9 Å². The minimum absolute atomic E-state index is 0.755. The fourth-order valence-corrected chi connectivity index (χ4v) is 3.02. The molecule has 1 saturated heterocycles. The van der Waals surface area contributed by atoms with Crippen molar-refractivity contribution in [1.29, 1.82) is 0 Å². The Bertz CT molecular complexity index is 822. The molecule has 0 aliphatic carbocycles. The molecule has 0 saturated carbocycles. The summed E-state index contributed by atoms with van der Waals surface area (Å²) in [7, 11) is 1.95. The van der Waals surface area contributed by atoms with Crippen molar-refractivity contribution < 1.29 is 9.57 Å². The second kappa shape index (κ2) is 7.09. The van der Waals surface area contributed by atoms with E-state index in [1.165, 1.54) is 5.56 Å². The first-order chi connectivity index (χ1) is 12.3. The summed E-state index contributed by atoms with van der Waals surface area (Å²) in [5.41, 5.74) is 3.24. The number of hydrogen-bond acceptors (Lipinski definition) is 4. The Balaban J connectivity index is 1.53. The van der Waals surface area contributed by atoms with Gasteiger partial charge in [0.15, 0.2) is 0 Å². The summed E-state index contributed by atoms with van der Waals surface area (Å²) in [6.07, 6.45) is 3.15. The fourth-order valence-electron chi connectivity index (χ4n) is 3.02. The van der Waals surface area contributed by atoms with Crippen molar-refractivity contribution in [3.8, 4) is 22.8 Å². The van der Waals surface area contributed by atoms with Gasteiger partial charge in [0.1, 0.15) is 11.5 Å². The van der Waals surface area contributed by atoms with E-state index >= 15 is 0 Å². The van der Waals surface area contributed by atoms with Crippen LogP contribution in [0.15, 0.2) is 60.8 Å². The molecule has 1 aliphatic rings. The molecule has 0 unspecified atom stereocenters. The topological polar surface area (TPSA) is 39.5 Å². The SMILES string of the molecule is Cn1cc(CN2CCCO2)c(-c2ccc(Oc3ccccc3)cc2)n1. The number of ether oxygens (including phenoxy) is 1. The largest absolute Gasteiger partial charge is 0.457 e. The maximum atomic E-state index is 5.86. The molecule has 0 spiro atoms. The molecule has 0 N–H and O–H groups in total. The van der Waals surface area contributed by atoms with Crippen LogP contribution in [0.1, 0.15) is 12.0 Å². The van der Waals surface area contributed by atoms with Crippen molar-refractivity contribution in [2.24, 2.45) is 7.05 Å². The molecule has 3 aromatic rings. The van der Waals surface area contributed by atoms with Crippen LogP contribution < -0.4 is 4.74 Å². The molecule has 1 fully saturated rings. The summed E-state index contributed by atoms with van der Waals surface area (Å²) in [6.45, 7) is 2.53. The van der Waals surface area contributed by atoms with Crippen LogP contribution in [0.4, 0.5) is 0 Å². The van der Waals surface area contributed by atoms with Crippen molar-refractivity contribution in [3.63, 3.8) is 0 Å². The molecule has 4 rings (SSSR count). The van der Waals surface area contributed by atoms with Crippen LogP contribution in [0.5, 0.6) is 11.5 Å². The molecule has 0 radical (unpaired) electrons. The highest BCUT2D eigenvalue weighted by Gasteiger charge is 2.17. The number of para-hydroxylation sites is 1. The van der Waals surface area contributed by atoms with Crippen LogP contribution in [0.2, 0.25) is 0 Å². The number of aryl methyl sites for hydroxylation is 1. The average molecular weight is 335 g/mol. The van der Waals surface area contributed by atoms with Gasteiger partial charge in [0.05, 0.1) is 18.8 Å². The second-order valence-electron chi connectivity index (χ2n) is 6.17. The minimum atomic E-state index is 0.755. The third kappa shape index (κ3) is 3.73. The summed E-state index contributed by atoms with van der Waals surface area (Å²) >= 11 is 0. The quantitative estimate of drug-likeness (QED) is 0.706. The van der Waals surface area contributed by atoms with Gasteiger partial charge >= 0.3 is 0 Å². The van der Waals surface area contributed by atoms with Gasteiger partial charge in [-0.3, -0.25) is 9.52 Å². The highest BCUT2D eigenvalue weighted by Crippen LogP contribution is 2.28. The summed E-state index contributed by atoms with van der Waals surface area (Å²) in [6, 6.07) is 17.9. The third-order valence-electron chi connectivity index (χ3n) is 4.18. The third-order valence-corrected chi connectivity index (χ3v) is 4.18. The van der Waals surface area contributed by atoms with Gasteiger partial charge in [-0.1, -0.05) is 18.2 Å². The molecule has 25 heavy (non-hydrogen) atoms. The van der Waals surface area contributed by atoms with Crippen LogP contribution >= 0.6 is 0 Å². The number of nitrogens with zero attached hydrogens (tertiary/aromatic N) is 3. The standard InChI is InChI=1S/C20H21N3O2/c1-22-14-17(15-23-12-5-13-24-23)20(21-22)16-8-10-19(11-9-16)25-18-6-3-2-4-7-18/h2-4,6-11,14H,5,12-13,15H2,1H3. The predicted octanol–water partition coefficient (Wildman–Crippen LogP) is 4.02. The molecule has 5 nitrogen and oxygen atoms in total. The Hall–Kier alpha value is -2.63. The molecule has 0 bridgehead atoms. The van der Waals surface area contributed by atoms with E-state index in [0.29, 0.717) is 0 Å². The number of aromatic nitrogens is 2. The first-order valence-electron chi connectivity index (χ1n) is 8.52. The zero-order valence-corrected chi connectivity index (χ0v) is 14.3. The average Bonchev–Trinajstić information content (AvgIpc) is 3.27. The van der Waals surface area contributed by atoms with E-state index < -0.39 is 0 Å². The lowest BCUT2D eigenvalue weighted by atomic mass is 10.1. The molecule has 2 aromatic carbocycles. The summed E-state index contributed by atoms with van der Waals surface area (Å²) in [4.78, 5) is 5.62. The fraction of sp³-hybridized carbons (Fsp3) is 0.250. The highest BCUT2D eigenvalue weighted by atomic mass is 16.7. The van der Waals surface area contributed by atoms with Gasteiger partial charge in [-0.2, -0.15) is 10.2 Å². The Kier molecular flexibility index (Phi) is 4.50. The molecule has 1 aromatic heterocycles. The number of benzene rings is 2. The first kappa shape index (κ1) is 15.9. The lowest BCUT2D eigenvalue weighted by molar-refractivity contribution is -0.117. The molecular formula is C20H21N3O2. The van der Waals surface area contributed by atoms with Gasteiger partial charge in [0.25, 0.3) is 0 Å². The zero-order chi connectivity index (χ0) is 17.1. The van der Waals surface area contributed by atoms with Crippen molar-refractivity contribution >= 4 is 0 Å². The van der Waals surface area contributed by atoms with Crippen molar-refractivity contribution in [2.45, 2.75) is 13.0 Å². The summed E-state index contributed by atoms with van der Waals surface area (Å²) in [5.74, 6) is 1.65. The lowest BCUT2D eigenvalue weighted by Crippen LogP contribution is -2.17. The van der Waals surface area contributed by atoms with Crippen LogP contribution in [-0.2, 0) is 18.4 Å². The Labute approximate surface area is 147 Å². The Morgan fingerprint density at radius 2 is 1.80 bits per heavy atom. The number of rotatable bonds is 5. The highest BCUT2D eigenvalue weighted by molar-refractivity contribution is 5.63. The second-order valence-corrected chi connectivity index (χ2v) is 6.17. The molecule has 0 amide bonds. The van der Waals surface area contributed by atoms with Crippen molar-refractivity contribution in [1.82, 2.24) is 14.8 Å². The molecule has 2 heterocycles. The first-order valence-corrected chi connectivity index (χ1v) is 8.52. The summed E-state index contributed by atoms with van der Waals surface area (Å²) in [5, 5.41) is 6.64. The van der Waals surface area contributed by atoms with Crippen LogP contribution in [0, 0.1) is 0 Å². The van der Waals surface area contributed by atoms with E-state index in [4.69, 9.17) is 9.57 Å². The van der Waals surface area contributed by atoms with Crippen LogP contribution in [0.3, 0.4) is 0 Å². The van der Waals surface area contributed by atoms with Gasteiger partial charge in [-0.15, -0.1) is 0 Å². The monoisotopic (exact) mass is 335 g/mol. The maximum Gasteiger partial charge on any atom is 0.127 e. The van der Waals surface area contributed by atoms with E-state index in [9.17, 15) is 0 Å². The Morgan fingerprint density at radius 1 is 1.04 bits per heavy atom. The smallest absolute Gasteiger partial charge is 0.127 e. The van der Waals surface area contributed by atoms with Gasteiger partial charge in [0.2, 0.25) is 0 Å². The van der Waals surface area contributed by atoms with Gasteiger partial charge in [-0.25, -0.2) is 0 Å². The maximum absolute atomic E-state index is 5.86. The molecular weight excluding hydrogens is 314 g/mol. The number of hydrogen-bond donors (Lipinski definition) is 0. The van der Waals surface area contributed by atoms with Gasteiger partial charge < -0.3 is 4.74 Å². The van der Waals surface area contributed by atoms with Crippen LogP contribution in [0.25, 0.3) is 11.3 Å². The summed E-state index contributed by atoms with van der Waals surface area (Å²) < 4.78 is 7.71. The van der Waals surface area contributed by atoms with Crippen LogP contribution in [-0.4, -0.2) is 28.0 Å². The van der Waals surface area contributed by atoms with E-state index in [1.807, 2.05) is 59.3 Å². The van der Waals surface area contributed by atoms with E-state index in [1.54, 1.807) is 0 Å². The van der Waals surface area contributed by atoms with E-state index in [2.05, 4.69) is 23.4 Å². The zero-order valence-electron chi connectivity index (χ0n) is 14.3. The van der Waals surface area contributed by atoms with Crippen molar-refractivity contribution in [2.75, 3.05) is 13.2 Å². The number of hydroxylamine groups is 2. The molecule has 128 valence electrons. The molecule has 1 aliphatic heterocycles. The Morgan fingerprint density at radius 3 is 2.52 bits per heavy atom. The minimum Gasteiger partial charge on any atom is -0.457 e.